The van der Waals surface area contributed by atoms with Crippen LogP contribution in [0.15, 0.2) is 41.3 Å². The highest BCUT2D eigenvalue weighted by Crippen LogP contribution is 2.27. The summed E-state index contributed by atoms with van der Waals surface area (Å²) in [6, 6.07) is 9.75. The first kappa shape index (κ1) is 15.2. The maximum absolute atomic E-state index is 12.3. The molecule has 106 valence electrons. The van der Waals surface area contributed by atoms with E-state index in [4.69, 9.17) is 23.2 Å². The number of hydrogen-bond acceptors (Lipinski definition) is 2. The largest absolute Gasteiger partial charge is 0.279 e. The highest BCUT2D eigenvalue weighted by Gasteiger charge is 2.18. The molecule has 0 aliphatic carbocycles. The van der Waals surface area contributed by atoms with Gasteiger partial charge in [-0.2, -0.15) is 0 Å². The molecule has 0 spiro atoms. The van der Waals surface area contributed by atoms with Crippen LogP contribution in [0, 0.1) is 13.8 Å². The third-order valence-electron chi connectivity index (χ3n) is 2.81. The molecule has 6 heteroatoms. The van der Waals surface area contributed by atoms with Crippen LogP contribution in [0.4, 0.5) is 5.69 Å². The van der Waals surface area contributed by atoms with Gasteiger partial charge in [0, 0.05) is 5.02 Å². The molecule has 0 saturated heterocycles. The Kier molecular flexibility index (Phi) is 4.28. The van der Waals surface area contributed by atoms with Gasteiger partial charge in [-0.25, -0.2) is 8.42 Å². The van der Waals surface area contributed by atoms with E-state index < -0.39 is 10.0 Å². The molecule has 0 atom stereocenters. The Bertz CT molecular complexity index is 758. The Morgan fingerprint density at radius 1 is 1.00 bits per heavy atom. The fourth-order valence-electron chi connectivity index (χ4n) is 1.82. The summed E-state index contributed by atoms with van der Waals surface area (Å²) >= 11 is 11.7. The molecule has 0 aliphatic heterocycles. The van der Waals surface area contributed by atoms with Crippen LogP contribution in [0.5, 0.6) is 0 Å². The molecule has 2 rings (SSSR count). The smallest absolute Gasteiger partial charge is 0.263 e. The number of nitrogens with one attached hydrogen (secondary N) is 1. The number of rotatable bonds is 3. The number of sulfonamides is 1. The molecule has 0 amide bonds. The first-order chi connectivity index (χ1) is 9.29. The second-order valence-electron chi connectivity index (χ2n) is 4.50. The summed E-state index contributed by atoms with van der Waals surface area (Å²) in [6.07, 6.45) is 0. The van der Waals surface area contributed by atoms with Crippen LogP contribution >= 0.6 is 23.2 Å². The summed E-state index contributed by atoms with van der Waals surface area (Å²) in [5, 5.41) is 0.482. The lowest BCUT2D eigenvalue weighted by Gasteiger charge is -2.12. The summed E-state index contributed by atoms with van der Waals surface area (Å²) in [5.74, 6) is 0. The van der Waals surface area contributed by atoms with Crippen molar-refractivity contribution in [2.24, 2.45) is 0 Å². The number of anilines is 1. The Morgan fingerprint density at radius 2 is 1.70 bits per heavy atom. The molecule has 0 unspecified atom stereocenters. The quantitative estimate of drug-likeness (QED) is 0.906. The van der Waals surface area contributed by atoms with Gasteiger partial charge in [0.05, 0.1) is 10.7 Å². The topological polar surface area (TPSA) is 46.2 Å². The van der Waals surface area contributed by atoms with E-state index in [1.165, 1.54) is 18.2 Å². The van der Waals surface area contributed by atoms with E-state index >= 15 is 0 Å². The van der Waals surface area contributed by atoms with Crippen molar-refractivity contribution in [1.29, 1.82) is 0 Å². The summed E-state index contributed by atoms with van der Waals surface area (Å²) in [7, 11) is -3.74. The van der Waals surface area contributed by atoms with E-state index in [-0.39, 0.29) is 9.92 Å². The third-order valence-corrected chi connectivity index (χ3v) is 4.89. The Hall–Kier alpha value is -1.23. The second-order valence-corrected chi connectivity index (χ2v) is 6.99. The highest BCUT2D eigenvalue weighted by molar-refractivity contribution is 7.92. The molecule has 0 heterocycles. The lowest BCUT2D eigenvalue weighted by molar-refractivity contribution is 0.601. The van der Waals surface area contributed by atoms with Crippen molar-refractivity contribution in [2.45, 2.75) is 18.7 Å². The lowest BCUT2D eigenvalue weighted by Crippen LogP contribution is -2.14. The van der Waals surface area contributed by atoms with E-state index in [0.29, 0.717) is 10.7 Å². The maximum Gasteiger partial charge on any atom is 0.263 e. The van der Waals surface area contributed by atoms with E-state index in [1.807, 2.05) is 26.0 Å². The molecule has 2 aromatic rings. The molecular weight excluding hydrogens is 317 g/mol. The van der Waals surface area contributed by atoms with Crippen LogP contribution < -0.4 is 4.72 Å². The number of halogens is 2. The van der Waals surface area contributed by atoms with E-state index in [1.54, 1.807) is 6.07 Å². The van der Waals surface area contributed by atoms with Gasteiger partial charge in [0.25, 0.3) is 10.0 Å². The Morgan fingerprint density at radius 3 is 2.30 bits per heavy atom. The van der Waals surface area contributed by atoms with Gasteiger partial charge in [0.15, 0.2) is 0 Å². The van der Waals surface area contributed by atoms with Crippen molar-refractivity contribution in [2.75, 3.05) is 4.72 Å². The van der Waals surface area contributed by atoms with Crippen LogP contribution in [0.1, 0.15) is 11.1 Å². The van der Waals surface area contributed by atoms with E-state index in [0.717, 1.165) is 11.1 Å². The summed E-state index contributed by atoms with van der Waals surface area (Å²) < 4.78 is 27.2. The monoisotopic (exact) mass is 329 g/mol. The summed E-state index contributed by atoms with van der Waals surface area (Å²) in [4.78, 5) is 0.00328. The predicted molar refractivity (Wildman–Crippen MR) is 83.2 cm³/mol. The normalized spacial score (nSPS) is 11.4. The zero-order valence-electron chi connectivity index (χ0n) is 10.9. The first-order valence-corrected chi connectivity index (χ1v) is 8.08. The van der Waals surface area contributed by atoms with Crippen LogP contribution in [0.3, 0.4) is 0 Å². The van der Waals surface area contributed by atoms with Crippen molar-refractivity contribution in [1.82, 2.24) is 0 Å². The van der Waals surface area contributed by atoms with Gasteiger partial charge in [-0.05, 0) is 43.7 Å². The van der Waals surface area contributed by atoms with Crippen LogP contribution in [0.25, 0.3) is 0 Å². The van der Waals surface area contributed by atoms with Crippen molar-refractivity contribution >= 4 is 38.9 Å². The standard InChI is InChI=1S/C14H13Cl2NO2S/c1-9-3-5-13(10(2)7-9)17-20(18,19)14-6-4-11(15)8-12(14)16/h3-8,17H,1-2H3. The lowest BCUT2D eigenvalue weighted by atomic mass is 10.1. The molecule has 0 bridgehead atoms. The van der Waals surface area contributed by atoms with Crippen LogP contribution in [0.2, 0.25) is 10.0 Å². The predicted octanol–water partition coefficient (Wildman–Crippen LogP) is 4.41. The van der Waals surface area contributed by atoms with E-state index in [9.17, 15) is 8.42 Å². The molecule has 0 saturated carbocycles. The van der Waals surface area contributed by atoms with Crippen molar-refractivity contribution < 1.29 is 8.42 Å². The fraction of sp³-hybridized carbons (Fsp3) is 0.143. The van der Waals surface area contributed by atoms with Gasteiger partial charge in [-0.3, -0.25) is 4.72 Å². The third kappa shape index (κ3) is 3.26. The zero-order valence-corrected chi connectivity index (χ0v) is 13.3. The first-order valence-electron chi connectivity index (χ1n) is 5.85. The number of aryl methyl sites for hydroxylation is 2. The molecule has 0 fully saturated rings. The molecule has 0 aliphatic rings. The van der Waals surface area contributed by atoms with Gasteiger partial charge in [0.1, 0.15) is 4.90 Å². The zero-order chi connectivity index (χ0) is 14.9. The number of hydrogen-bond donors (Lipinski definition) is 1. The Labute approximate surface area is 128 Å². The van der Waals surface area contributed by atoms with Crippen molar-refractivity contribution in [3.8, 4) is 0 Å². The maximum atomic E-state index is 12.3. The average Bonchev–Trinajstić information content (AvgIpc) is 2.32. The molecule has 20 heavy (non-hydrogen) atoms. The van der Waals surface area contributed by atoms with Crippen LogP contribution in [-0.4, -0.2) is 8.42 Å². The molecule has 1 N–H and O–H groups in total. The minimum Gasteiger partial charge on any atom is -0.279 e. The second kappa shape index (κ2) is 5.64. The number of benzene rings is 2. The van der Waals surface area contributed by atoms with Crippen LogP contribution in [-0.2, 0) is 10.0 Å². The molecular formula is C14H13Cl2NO2S. The minimum atomic E-state index is -3.74. The van der Waals surface area contributed by atoms with Gasteiger partial charge < -0.3 is 0 Å². The highest BCUT2D eigenvalue weighted by atomic mass is 35.5. The van der Waals surface area contributed by atoms with Gasteiger partial charge >= 0.3 is 0 Å². The summed E-state index contributed by atoms with van der Waals surface area (Å²) in [5.41, 5.74) is 2.44. The van der Waals surface area contributed by atoms with Gasteiger partial charge in [-0.1, -0.05) is 40.9 Å². The Balaban J connectivity index is 2.41. The SMILES string of the molecule is Cc1ccc(NS(=O)(=O)c2ccc(Cl)cc2Cl)c(C)c1. The van der Waals surface area contributed by atoms with E-state index in [2.05, 4.69) is 4.72 Å². The van der Waals surface area contributed by atoms with Gasteiger partial charge in [-0.15, -0.1) is 0 Å². The summed E-state index contributed by atoms with van der Waals surface area (Å²) in [6.45, 7) is 3.79. The average molecular weight is 330 g/mol. The minimum absolute atomic E-state index is 0.00328. The molecule has 0 aromatic heterocycles. The van der Waals surface area contributed by atoms with Crippen molar-refractivity contribution in [3.05, 3.63) is 57.6 Å². The fourth-order valence-corrected chi connectivity index (χ4v) is 3.73. The van der Waals surface area contributed by atoms with Gasteiger partial charge in [0.2, 0.25) is 0 Å². The van der Waals surface area contributed by atoms with Crippen molar-refractivity contribution in [3.63, 3.8) is 0 Å². The molecule has 3 nitrogen and oxygen atoms in total. The molecule has 2 aromatic carbocycles. The molecule has 0 radical (unpaired) electrons.